The summed E-state index contributed by atoms with van der Waals surface area (Å²) in [6.07, 6.45) is -1.49. The van der Waals surface area contributed by atoms with E-state index in [-0.39, 0.29) is 22.3 Å². The summed E-state index contributed by atoms with van der Waals surface area (Å²) in [5.41, 5.74) is -0.295. The first-order valence-electron chi connectivity index (χ1n) is 4.17. The Hall–Kier alpha value is -1.04. The van der Waals surface area contributed by atoms with Crippen molar-refractivity contribution in [2.75, 3.05) is 6.61 Å². The van der Waals surface area contributed by atoms with Crippen LogP contribution in [-0.2, 0) is 4.74 Å². The first-order chi connectivity index (χ1) is 7.06. The van der Waals surface area contributed by atoms with Crippen molar-refractivity contribution in [3.8, 4) is 0 Å². The predicted octanol–water partition coefficient (Wildman–Crippen LogP) is 2.96. The van der Waals surface area contributed by atoms with E-state index in [1.165, 1.54) is 6.20 Å². The molecular weight excluding hydrogens is 272 g/mol. The van der Waals surface area contributed by atoms with Gasteiger partial charge < -0.3 is 4.74 Å². The zero-order valence-corrected chi connectivity index (χ0v) is 9.42. The highest BCUT2D eigenvalue weighted by molar-refractivity contribution is 9.10. The maximum absolute atomic E-state index is 12.4. The van der Waals surface area contributed by atoms with Gasteiger partial charge >= 0.3 is 5.97 Å². The van der Waals surface area contributed by atoms with Crippen molar-refractivity contribution >= 4 is 21.9 Å². The van der Waals surface area contributed by atoms with Crippen molar-refractivity contribution in [1.29, 1.82) is 0 Å². The zero-order valence-electron chi connectivity index (χ0n) is 7.84. The smallest absolute Gasteiger partial charge is 0.339 e. The Kier molecular flexibility index (Phi) is 4.14. The minimum atomic E-state index is -2.68. The Labute approximate surface area is 93.6 Å². The number of hydrogen-bond donors (Lipinski definition) is 0. The Morgan fingerprint density at radius 1 is 1.67 bits per heavy atom. The first kappa shape index (κ1) is 12.0. The van der Waals surface area contributed by atoms with Crippen LogP contribution < -0.4 is 0 Å². The lowest BCUT2D eigenvalue weighted by Crippen LogP contribution is -2.06. The molecule has 0 saturated heterocycles. The minimum Gasteiger partial charge on any atom is -0.462 e. The molecule has 0 spiro atoms. The number of aromatic nitrogens is 1. The average Bonchev–Trinajstić information content (AvgIpc) is 2.18. The molecule has 0 unspecified atom stereocenters. The molecule has 15 heavy (non-hydrogen) atoms. The number of pyridine rings is 1. The molecule has 3 nitrogen and oxygen atoms in total. The van der Waals surface area contributed by atoms with Gasteiger partial charge in [0.05, 0.1) is 17.7 Å². The van der Waals surface area contributed by atoms with Crippen molar-refractivity contribution in [1.82, 2.24) is 4.98 Å². The van der Waals surface area contributed by atoms with Gasteiger partial charge in [0.2, 0.25) is 0 Å². The molecule has 0 aromatic carbocycles. The molecule has 0 aliphatic heterocycles. The summed E-state index contributed by atoms with van der Waals surface area (Å²) in [7, 11) is 0. The van der Waals surface area contributed by atoms with Crippen LogP contribution in [0.15, 0.2) is 16.9 Å². The van der Waals surface area contributed by atoms with Gasteiger partial charge in [0, 0.05) is 6.20 Å². The van der Waals surface area contributed by atoms with Crippen LogP contribution >= 0.6 is 15.9 Å². The third-order valence-corrected chi connectivity index (χ3v) is 2.28. The molecule has 1 heterocycles. The Morgan fingerprint density at radius 2 is 2.33 bits per heavy atom. The number of carbonyl (C=O) groups excluding carboxylic acids is 1. The van der Waals surface area contributed by atoms with Crippen molar-refractivity contribution in [3.63, 3.8) is 0 Å². The number of hydrogen-bond acceptors (Lipinski definition) is 3. The molecular formula is C9H8BrF2NO2. The molecule has 0 saturated carbocycles. The number of alkyl halides is 2. The second-order valence-electron chi connectivity index (χ2n) is 2.63. The summed E-state index contributed by atoms with van der Waals surface area (Å²) in [5, 5.41) is 0. The van der Waals surface area contributed by atoms with E-state index >= 15 is 0 Å². The lowest BCUT2D eigenvalue weighted by molar-refractivity contribution is 0.0525. The summed E-state index contributed by atoms with van der Waals surface area (Å²) in [6.45, 7) is 1.83. The van der Waals surface area contributed by atoms with Crippen molar-refractivity contribution in [2.45, 2.75) is 13.3 Å². The Bertz CT molecular complexity index is 371. The van der Waals surface area contributed by atoms with Gasteiger partial charge in [0.15, 0.2) is 0 Å². The Morgan fingerprint density at radius 3 is 2.87 bits per heavy atom. The highest BCUT2D eigenvalue weighted by atomic mass is 79.9. The van der Waals surface area contributed by atoms with Crippen LogP contribution in [-0.4, -0.2) is 17.6 Å². The molecule has 0 aliphatic rings. The number of nitrogens with zero attached hydrogens (tertiary/aromatic N) is 1. The van der Waals surface area contributed by atoms with Crippen molar-refractivity contribution in [3.05, 3.63) is 28.0 Å². The average molecular weight is 280 g/mol. The minimum absolute atomic E-state index is 0.0235. The largest absolute Gasteiger partial charge is 0.462 e. The van der Waals surface area contributed by atoms with Crippen molar-refractivity contribution in [2.24, 2.45) is 0 Å². The molecule has 1 rings (SSSR count). The highest BCUT2D eigenvalue weighted by Gasteiger charge is 2.16. The SMILES string of the molecule is CCOC(=O)c1cnc(Br)c(C(F)F)c1. The third-order valence-electron chi connectivity index (χ3n) is 1.61. The summed E-state index contributed by atoms with van der Waals surface area (Å²) in [5.74, 6) is -0.653. The van der Waals surface area contributed by atoms with Gasteiger partial charge in [-0.25, -0.2) is 18.6 Å². The predicted molar refractivity (Wildman–Crippen MR) is 52.9 cm³/mol. The summed E-state index contributed by atoms with van der Waals surface area (Å²) in [4.78, 5) is 14.8. The van der Waals surface area contributed by atoms with E-state index in [2.05, 4.69) is 25.7 Å². The van der Waals surface area contributed by atoms with Gasteiger partial charge in [0.25, 0.3) is 6.43 Å². The monoisotopic (exact) mass is 279 g/mol. The summed E-state index contributed by atoms with van der Waals surface area (Å²) < 4.78 is 29.6. The van der Waals surface area contributed by atoms with E-state index in [1.54, 1.807) is 6.92 Å². The van der Waals surface area contributed by atoms with Crippen LogP contribution in [0.5, 0.6) is 0 Å². The van der Waals surface area contributed by atoms with Gasteiger partial charge in [-0.3, -0.25) is 0 Å². The van der Waals surface area contributed by atoms with Gasteiger partial charge in [0.1, 0.15) is 4.60 Å². The fourth-order valence-corrected chi connectivity index (χ4v) is 1.33. The maximum Gasteiger partial charge on any atom is 0.339 e. The highest BCUT2D eigenvalue weighted by Crippen LogP contribution is 2.26. The molecule has 0 radical (unpaired) electrons. The molecule has 0 amide bonds. The fraction of sp³-hybridized carbons (Fsp3) is 0.333. The molecule has 1 aromatic heterocycles. The number of halogens is 3. The van der Waals surface area contributed by atoms with Crippen molar-refractivity contribution < 1.29 is 18.3 Å². The standard InChI is InChI=1S/C9H8BrF2NO2/c1-2-15-9(14)5-3-6(8(11)12)7(10)13-4-5/h3-4,8H,2H2,1H3. The van der Waals surface area contributed by atoms with E-state index in [0.29, 0.717) is 0 Å². The van der Waals surface area contributed by atoms with E-state index in [9.17, 15) is 13.6 Å². The molecule has 6 heteroatoms. The van der Waals surface area contributed by atoms with E-state index in [0.717, 1.165) is 6.07 Å². The molecule has 0 aliphatic carbocycles. The third kappa shape index (κ3) is 2.95. The van der Waals surface area contributed by atoms with Crippen LogP contribution in [0.25, 0.3) is 0 Å². The van der Waals surface area contributed by atoms with E-state index < -0.39 is 12.4 Å². The first-order valence-corrected chi connectivity index (χ1v) is 4.96. The molecule has 1 aromatic rings. The van der Waals surface area contributed by atoms with Crippen LogP contribution in [0.2, 0.25) is 0 Å². The van der Waals surface area contributed by atoms with Gasteiger partial charge in [-0.05, 0) is 28.9 Å². The quantitative estimate of drug-likeness (QED) is 0.631. The topological polar surface area (TPSA) is 39.2 Å². The molecule has 82 valence electrons. The lowest BCUT2D eigenvalue weighted by Gasteiger charge is -2.05. The van der Waals surface area contributed by atoms with Gasteiger partial charge in [-0.15, -0.1) is 0 Å². The van der Waals surface area contributed by atoms with Crippen LogP contribution in [0.3, 0.4) is 0 Å². The molecule has 0 bridgehead atoms. The molecule has 0 fully saturated rings. The second-order valence-corrected chi connectivity index (χ2v) is 3.38. The van der Waals surface area contributed by atoms with Gasteiger partial charge in [-0.2, -0.15) is 0 Å². The molecule has 0 atom stereocenters. The lowest BCUT2D eigenvalue weighted by atomic mass is 10.2. The fourth-order valence-electron chi connectivity index (χ4n) is 0.944. The van der Waals surface area contributed by atoms with E-state index in [1.807, 2.05) is 0 Å². The van der Waals surface area contributed by atoms with Crippen LogP contribution in [0.4, 0.5) is 8.78 Å². The van der Waals surface area contributed by atoms with Gasteiger partial charge in [-0.1, -0.05) is 0 Å². The Balaban J connectivity index is 3.02. The maximum atomic E-state index is 12.4. The second kappa shape index (κ2) is 5.16. The molecule has 0 N–H and O–H groups in total. The summed E-state index contributed by atoms with van der Waals surface area (Å²) in [6, 6.07) is 1.07. The number of rotatable bonds is 3. The van der Waals surface area contributed by atoms with E-state index in [4.69, 9.17) is 0 Å². The zero-order chi connectivity index (χ0) is 11.4. The van der Waals surface area contributed by atoms with Crippen LogP contribution in [0, 0.1) is 0 Å². The normalized spacial score (nSPS) is 10.5. The number of carbonyl (C=O) groups is 1. The van der Waals surface area contributed by atoms with Crippen LogP contribution in [0.1, 0.15) is 29.3 Å². The summed E-state index contributed by atoms with van der Waals surface area (Å²) >= 11 is 2.88. The number of ether oxygens (including phenoxy) is 1. The number of esters is 1.